The van der Waals surface area contributed by atoms with Gasteiger partial charge in [-0.3, -0.25) is 14.8 Å². The molecule has 0 fully saturated rings. The minimum absolute atomic E-state index is 0.0169. The first-order valence-corrected chi connectivity index (χ1v) is 7.13. The predicted octanol–water partition coefficient (Wildman–Crippen LogP) is 4.31. The fraction of sp³-hybridized carbons (Fsp3) is 0.308. The van der Waals surface area contributed by atoms with Crippen molar-refractivity contribution in [3.63, 3.8) is 0 Å². The highest BCUT2D eigenvalue weighted by molar-refractivity contribution is 9.09. The van der Waals surface area contributed by atoms with E-state index in [0.717, 1.165) is 4.68 Å². The number of alkyl halides is 4. The van der Waals surface area contributed by atoms with Crippen molar-refractivity contribution in [2.24, 2.45) is 0 Å². The average molecular weight is 378 g/mol. The molecule has 0 spiro atoms. The van der Waals surface area contributed by atoms with Gasteiger partial charge in [0, 0.05) is 0 Å². The van der Waals surface area contributed by atoms with E-state index in [0.29, 0.717) is 5.56 Å². The first-order chi connectivity index (χ1) is 10.2. The molecule has 1 aromatic carbocycles. The van der Waals surface area contributed by atoms with Crippen molar-refractivity contribution in [3.05, 3.63) is 57.4 Å². The Morgan fingerprint density at radius 2 is 1.95 bits per heavy atom. The third kappa shape index (κ3) is 3.29. The van der Waals surface area contributed by atoms with Crippen molar-refractivity contribution in [3.8, 4) is 0 Å². The zero-order chi connectivity index (χ0) is 16.5. The largest absolute Gasteiger partial charge is 0.442 e. The van der Waals surface area contributed by atoms with E-state index >= 15 is 0 Å². The van der Waals surface area contributed by atoms with Crippen LogP contribution in [0.15, 0.2) is 30.3 Å². The lowest BCUT2D eigenvalue weighted by Gasteiger charge is -2.08. The molecule has 1 heterocycles. The van der Waals surface area contributed by atoms with E-state index < -0.39 is 27.3 Å². The summed E-state index contributed by atoms with van der Waals surface area (Å²) < 4.78 is 40.0. The molecule has 1 aromatic heterocycles. The summed E-state index contributed by atoms with van der Waals surface area (Å²) in [5.41, 5.74) is -1.90. The molecule has 0 amide bonds. The third-order valence-electron chi connectivity index (χ3n) is 2.97. The molecular weight excluding hydrogens is 367 g/mol. The fourth-order valence-electron chi connectivity index (χ4n) is 2.11. The molecule has 0 radical (unpaired) electrons. The summed E-state index contributed by atoms with van der Waals surface area (Å²) in [5, 5.41) is 14.5. The number of hydrogen-bond donors (Lipinski definition) is 0. The van der Waals surface area contributed by atoms with Crippen LogP contribution in [0.2, 0.25) is 0 Å². The number of nitrogens with zero attached hydrogens (tertiary/aromatic N) is 3. The van der Waals surface area contributed by atoms with Gasteiger partial charge in [-0.15, -0.1) is 0 Å². The molecule has 0 N–H and O–H groups in total. The van der Waals surface area contributed by atoms with Gasteiger partial charge < -0.3 is 0 Å². The molecule has 9 heteroatoms. The molecule has 2 aromatic rings. The maximum atomic E-state index is 13.0. The van der Waals surface area contributed by atoms with Gasteiger partial charge in [-0.05, 0) is 12.5 Å². The number of nitro groups is 1. The van der Waals surface area contributed by atoms with Crippen LogP contribution in [0.5, 0.6) is 0 Å². The molecule has 0 aliphatic carbocycles. The zero-order valence-electron chi connectivity index (χ0n) is 11.3. The first kappa shape index (κ1) is 16.5. The van der Waals surface area contributed by atoms with Gasteiger partial charge in [0.2, 0.25) is 5.69 Å². The number of rotatable bonds is 4. The van der Waals surface area contributed by atoms with Crippen LogP contribution in [0.4, 0.5) is 18.9 Å². The smallest absolute Gasteiger partial charge is 0.258 e. The van der Waals surface area contributed by atoms with E-state index in [1.165, 1.54) is 6.92 Å². The Labute approximate surface area is 132 Å². The average Bonchev–Trinajstić information content (AvgIpc) is 2.79. The van der Waals surface area contributed by atoms with Crippen molar-refractivity contribution >= 4 is 21.6 Å². The Morgan fingerprint density at radius 1 is 1.36 bits per heavy atom. The van der Waals surface area contributed by atoms with E-state index in [1.807, 2.05) is 0 Å². The quantitative estimate of drug-likeness (QED) is 0.453. The van der Waals surface area contributed by atoms with Gasteiger partial charge in [-0.25, -0.2) is 0 Å². The molecule has 0 bridgehead atoms. The molecule has 1 unspecified atom stereocenters. The van der Waals surface area contributed by atoms with Crippen LogP contribution in [0.1, 0.15) is 28.7 Å². The molecule has 22 heavy (non-hydrogen) atoms. The summed E-state index contributed by atoms with van der Waals surface area (Å²) in [5.74, 6) is 0. The first-order valence-electron chi connectivity index (χ1n) is 6.22. The normalized spacial score (nSPS) is 13.1. The number of hydrogen-bond acceptors (Lipinski definition) is 3. The second-order valence-electron chi connectivity index (χ2n) is 4.60. The van der Waals surface area contributed by atoms with Crippen LogP contribution in [-0.4, -0.2) is 14.7 Å². The fourth-order valence-corrected chi connectivity index (χ4v) is 2.56. The summed E-state index contributed by atoms with van der Waals surface area (Å²) in [7, 11) is 0. The molecule has 1 atom stereocenters. The van der Waals surface area contributed by atoms with Gasteiger partial charge in [0.1, 0.15) is 5.69 Å². The summed E-state index contributed by atoms with van der Waals surface area (Å²) >= 11 is 3.11. The van der Waals surface area contributed by atoms with Crippen LogP contribution in [0.25, 0.3) is 0 Å². The number of halogens is 4. The van der Waals surface area contributed by atoms with E-state index in [1.54, 1.807) is 30.3 Å². The van der Waals surface area contributed by atoms with Crippen molar-refractivity contribution in [2.45, 2.75) is 24.5 Å². The van der Waals surface area contributed by atoms with Gasteiger partial charge in [-0.2, -0.15) is 18.3 Å². The van der Waals surface area contributed by atoms with Crippen molar-refractivity contribution in [1.82, 2.24) is 9.78 Å². The molecule has 5 nitrogen and oxygen atoms in total. The molecule has 0 aliphatic rings. The molecule has 0 saturated carbocycles. The Morgan fingerprint density at radius 3 is 2.41 bits per heavy atom. The maximum absolute atomic E-state index is 13.0. The SMILES string of the molecule is CC(Br)c1c([N+](=O)[O-])c(C(F)(F)F)nn1Cc1ccccc1. The maximum Gasteiger partial charge on any atom is 0.442 e. The highest BCUT2D eigenvalue weighted by atomic mass is 79.9. The lowest BCUT2D eigenvalue weighted by Crippen LogP contribution is -2.10. The van der Waals surface area contributed by atoms with Gasteiger partial charge in [0.25, 0.3) is 0 Å². The van der Waals surface area contributed by atoms with Crippen LogP contribution >= 0.6 is 15.9 Å². The summed E-state index contributed by atoms with van der Waals surface area (Å²) in [6, 6.07) is 8.65. The Hall–Kier alpha value is -1.90. The van der Waals surface area contributed by atoms with Crippen LogP contribution in [0, 0.1) is 10.1 Å². The highest BCUT2D eigenvalue weighted by Crippen LogP contribution is 2.41. The van der Waals surface area contributed by atoms with Gasteiger partial charge >= 0.3 is 11.9 Å². The standard InChI is InChI=1S/C13H11BrF3N3O2/c1-8(14)10-11(20(21)22)12(13(15,16)17)18-19(10)7-9-5-3-2-4-6-9/h2-6,8H,7H2,1H3. The second-order valence-corrected chi connectivity index (χ2v) is 5.97. The summed E-state index contributed by atoms with van der Waals surface area (Å²) in [6.45, 7) is 1.54. The molecule has 0 saturated heterocycles. The molecule has 0 aliphatic heterocycles. The topological polar surface area (TPSA) is 61.0 Å². The number of benzene rings is 1. The van der Waals surface area contributed by atoms with E-state index in [4.69, 9.17) is 0 Å². The number of aromatic nitrogens is 2. The molecular formula is C13H11BrF3N3O2. The highest BCUT2D eigenvalue weighted by Gasteiger charge is 2.45. The van der Waals surface area contributed by atoms with E-state index in [-0.39, 0.29) is 12.2 Å². The van der Waals surface area contributed by atoms with Crippen LogP contribution in [0.3, 0.4) is 0 Å². The van der Waals surface area contributed by atoms with Crippen LogP contribution < -0.4 is 0 Å². The van der Waals surface area contributed by atoms with Crippen molar-refractivity contribution in [2.75, 3.05) is 0 Å². The summed E-state index contributed by atoms with van der Waals surface area (Å²) in [6.07, 6.45) is -4.89. The van der Waals surface area contributed by atoms with Gasteiger partial charge in [0.05, 0.1) is 16.3 Å². The van der Waals surface area contributed by atoms with E-state index in [2.05, 4.69) is 21.0 Å². The lowest BCUT2D eigenvalue weighted by atomic mass is 10.2. The Bertz CT molecular complexity index is 684. The predicted molar refractivity (Wildman–Crippen MR) is 76.8 cm³/mol. The Balaban J connectivity index is 2.61. The van der Waals surface area contributed by atoms with Gasteiger partial charge in [-0.1, -0.05) is 46.3 Å². The monoisotopic (exact) mass is 377 g/mol. The Kier molecular flexibility index (Phi) is 4.55. The van der Waals surface area contributed by atoms with Gasteiger partial charge in [0.15, 0.2) is 0 Å². The summed E-state index contributed by atoms with van der Waals surface area (Å²) in [4.78, 5) is 9.40. The molecule has 118 valence electrons. The minimum Gasteiger partial charge on any atom is -0.258 e. The second kappa shape index (κ2) is 6.07. The van der Waals surface area contributed by atoms with E-state index in [9.17, 15) is 23.3 Å². The minimum atomic E-state index is -4.89. The van der Waals surface area contributed by atoms with Crippen molar-refractivity contribution in [1.29, 1.82) is 0 Å². The zero-order valence-corrected chi connectivity index (χ0v) is 12.9. The van der Waals surface area contributed by atoms with Crippen LogP contribution in [-0.2, 0) is 12.7 Å². The van der Waals surface area contributed by atoms with Crippen molar-refractivity contribution < 1.29 is 18.1 Å². The third-order valence-corrected chi connectivity index (χ3v) is 3.40. The molecule has 2 rings (SSSR count). The lowest BCUT2D eigenvalue weighted by molar-refractivity contribution is -0.388.